The lowest BCUT2D eigenvalue weighted by atomic mass is 10.1. The molecule has 4 aromatic heterocycles. The first-order valence-electron chi connectivity index (χ1n) is 29.1. The highest BCUT2D eigenvalue weighted by Gasteiger charge is 2.35. The van der Waals surface area contributed by atoms with E-state index in [2.05, 4.69) is 59.0 Å². The summed E-state index contributed by atoms with van der Waals surface area (Å²) in [6.07, 6.45) is -17.6. The van der Waals surface area contributed by atoms with E-state index in [1.165, 1.54) is 18.2 Å². The largest absolute Gasteiger partial charge is 0.478 e. The van der Waals surface area contributed by atoms with Crippen molar-refractivity contribution in [3.05, 3.63) is 234 Å². The van der Waals surface area contributed by atoms with E-state index in [0.29, 0.717) is 59.3 Å². The second kappa shape index (κ2) is 39.8. The summed E-state index contributed by atoms with van der Waals surface area (Å²) in [5, 5.41) is 39.8. The van der Waals surface area contributed by atoms with Crippen LogP contribution in [-0.4, -0.2) is 109 Å². The topological polar surface area (TPSA) is 387 Å². The molecule has 560 valence electrons. The summed E-state index contributed by atoms with van der Waals surface area (Å²) >= 11 is 14.5. The Bertz CT molecular complexity index is 4660. The molecule has 0 aliphatic carbocycles. The van der Waals surface area contributed by atoms with E-state index in [0.717, 1.165) is 111 Å². The van der Waals surface area contributed by atoms with Gasteiger partial charge in [0.1, 0.15) is 10.0 Å². The van der Waals surface area contributed by atoms with E-state index in [-0.39, 0.29) is 73.1 Å². The number of carboxylic acids is 2. The summed E-state index contributed by atoms with van der Waals surface area (Å²) in [5.74, 6) is -6.88. The van der Waals surface area contributed by atoms with Crippen molar-refractivity contribution in [3.8, 4) is 0 Å². The lowest BCUT2D eigenvalue weighted by molar-refractivity contribution is -0.138. The number of halogens is 14. The number of hydrogen-bond acceptors (Lipinski definition) is 24. The van der Waals surface area contributed by atoms with Crippen molar-refractivity contribution in [2.45, 2.75) is 57.9 Å². The molecule has 0 aliphatic rings. The molecule has 43 heteroatoms. The lowest BCUT2D eigenvalue weighted by Gasteiger charge is -2.09. The second-order valence-corrected chi connectivity index (χ2v) is 23.9. The minimum Gasteiger partial charge on any atom is -0.478 e. The molecule has 106 heavy (non-hydrogen) atoms. The zero-order chi connectivity index (χ0) is 78.7. The number of ether oxygens (including phenoxy) is 2. The minimum absolute atomic E-state index is 0.00543. The number of hydrogen-bond donors (Lipinski definition) is 7. The van der Waals surface area contributed by atoms with Crippen LogP contribution in [0.15, 0.2) is 146 Å². The fourth-order valence-electron chi connectivity index (χ4n) is 7.52. The highest BCUT2D eigenvalue weighted by Crippen LogP contribution is 2.34. The van der Waals surface area contributed by atoms with Crippen molar-refractivity contribution in [2.24, 2.45) is 5.73 Å². The maximum atomic E-state index is 12.8. The molecule has 6 aromatic carbocycles. The van der Waals surface area contributed by atoms with Crippen molar-refractivity contribution in [2.75, 3.05) is 34.9 Å². The fourth-order valence-corrected chi connectivity index (χ4v) is 9.89. The number of amides is 3. The van der Waals surface area contributed by atoms with Gasteiger partial charge in [-0.3, -0.25) is 19.2 Å². The molecule has 4 heterocycles. The predicted molar refractivity (Wildman–Crippen MR) is 363 cm³/mol. The van der Waals surface area contributed by atoms with Gasteiger partial charge in [0.2, 0.25) is 17.1 Å². The number of aromatic nitrogens is 8. The smallest absolute Gasteiger partial charge is 0.416 e. The second-order valence-electron chi connectivity index (χ2n) is 19.9. The Morgan fingerprint density at radius 3 is 1.10 bits per heavy atom. The first-order chi connectivity index (χ1) is 49.8. The Balaban J connectivity index is 0.000000238. The SMILES string of the molecule is CCOC(=O)c1nnsc1N.CCOC(=O)c1nnsc1NC(=O)c1cccc(C(F)(F)F)c1.NCc1ccc(Cl)cc1.O=C(Nc1snnc1C(=O)CCc1ccc(Cl)cc1)c1cccc(C(F)(F)F)c1.O=C(Nc1snnc1C(=O)O)c1cccc(C(F)(F)F)c1.O=C(O)c1cccc(C(F)(F)F)c1. The molecule has 0 saturated carbocycles. The number of esters is 2. The third-order valence-corrected chi connectivity index (χ3v) is 15.5. The Morgan fingerprint density at radius 2 is 0.755 bits per heavy atom. The normalized spacial score (nSPS) is 10.9. The Labute approximate surface area is 615 Å². The molecule has 0 unspecified atom stereocenters. The summed E-state index contributed by atoms with van der Waals surface area (Å²) < 4.78 is 174. The van der Waals surface area contributed by atoms with Crippen LogP contribution in [0.3, 0.4) is 0 Å². The van der Waals surface area contributed by atoms with Gasteiger partial charge in [0.05, 0.1) is 41.0 Å². The van der Waals surface area contributed by atoms with E-state index < -0.39 is 94.3 Å². The molecule has 10 aromatic rings. The van der Waals surface area contributed by atoms with Crippen LogP contribution in [0.1, 0.15) is 137 Å². The molecule has 0 radical (unpaired) electrons. The summed E-state index contributed by atoms with van der Waals surface area (Å²) in [4.78, 5) is 92.3. The summed E-state index contributed by atoms with van der Waals surface area (Å²) in [5.41, 5.74) is 7.33. The number of carboxylic acid groups (broad SMARTS) is 2. The number of nitrogens with one attached hydrogen (secondary N) is 3. The molecule has 9 N–H and O–H groups in total. The number of rotatable bonds is 17. The van der Waals surface area contributed by atoms with E-state index in [1.807, 2.05) is 24.3 Å². The number of aryl methyl sites for hydroxylation is 1. The van der Waals surface area contributed by atoms with E-state index in [4.69, 9.17) is 49.6 Å². The van der Waals surface area contributed by atoms with Crippen molar-refractivity contribution in [1.82, 2.24) is 38.3 Å². The first kappa shape index (κ1) is 85.7. The van der Waals surface area contributed by atoms with Crippen molar-refractivity contribution in [1.29, 1.82) is 0 Å². The molecule has 0 aliphatic heterocycles. The number of nitrogens with zero attached hydrogens (tertiary/aromatic N) is 8. The number of anilines is 4. The van der Waals surface area contributed by atoms with Crippen LogP contribution in [-0.2, 0) is 47.1 Å². The Hall–Kier alpha value is -11.0. The first-order valence-corrected chi connectivity index (χ1v) is 32.9. The quantitative estimate of drug-likeness (QED) is 0.0253. The van der Waals surface area contributed by atoms with Crippen molar-refractivity contribution in [3.63, 3.8) is 0 Å². The lowest BCUT2D eigenvalue weighted by Crippen LogP contribution is -2.16. The van der Waals surface area contributed by atoms with Gasteiger partial charge in [-0.05, 0) is 128 Å². The molecule has 0 fully saturated rings. The zero-order valence-corrected chi connectivity index (χ0v) is 58.3. The van der Waals surface area contributed by atoms with Gasteiger partial charge in [0.25, 0.3) is 17.7 Å². The van der Waals surface area contributed by atoms with Crippen LogP contribution in [0.2, 0.25) is 10.0 Å². The summed E-state index contributed by atoms with van der Waals surface area (Å²) in [7, 11) is 0. The molecule has 0 spiro atoms. The molecular weight excluding hydrogens is 1560 g/mol. The zero-order valence-electron chi connectivity index (χ0n) is 53.5. The van der Waals surface area contributed by atoms with Gasteiger partial charge in [-0.15, -0.1) is 20.4 Å². The van der Waals surface area contributed by atoms with Gasteiger partial charge in [-0.2, -0.15) is 52.7 Å². The highest BCUT2D eigenvalue weighted by molar-refractivity contribution is 7.11. The number of alkyl halides is 12. The highest BCUT2D eigenvalue weighted by atomic mass is 35.5. The number of carbonyl (C=O) groups excluding carboxylic acids is 6. The fraction of sp³-hybridized carbons (Fsp3) is 0.175. The maximum Gasteiger partial charge on any atom is 0.416 e. The number of carbonyl (C=O) groups is 8. The van der Waals surface area contributed by atoms with Crippen LogP contribution in [0, 0.1) is 0 Å². The van der Waals surface area contributed by atoms with E-state index >= 15 is 0 Å². The number of ketones is 1. The van der Waals surface area contributed by atoms with E-state index in [1.54, 1.807) is 38.1 Å². The van der Waals surface area contributed by atoms with Gasteiger partial charge < -0.3 is 47.1 Å². The average molecular weight is 1610 g/mol. The third kappa shape index (κ3) is 27.2. The molecular formula is C63H49Cl2F12N13O12S4. The van der Waals surface area contributed by atoms with Crippen LogP contribution in [0.4, 0.5) is 72.7 Å². The summed E-state index contributed by atoms with van der Waals surface area (Å²) in [6, 6.07) is 29.8. The number of benzene rings is 6. The molecule has 0 saturated heterocycles. The van der Waals surface area contributed by atoms with Gasteiger partial charge >= 0.3 is 48.6 Å². The van der Waals surface area contributed by atoms with Crippen LogP contribution < -0.4 is 27.4 Å². The third-order valence-electron chi connectivity index (χ3n) is 12.6. The standard InChI is InChI=1S/C19H13ClF3N3O2S.C13H10F3N3O3S.C11H6F3N3O3S.C8H5F3O2.C7H8ClN.C5H7N3O2S/c20-14-7-4-11(5-8-14)6-9-15(27)16-18(29-26-25-16)24-17(28)12-2-1-3-13(10-12)19(21,22)23;1-2-22-12(21)9-11(23-19-18-9)17-10(20)7-4-3-5-8(6-7)13(14,15)16;12-11(13,14)6-3-1-2-5(4-6)8(18)15-9-7(10(19)20)16-17-21-9;9-8(10,11)6-3-1-2-5(4-6)7(12)13;8-7-3-1-6(5-9)2-4-7;1-2-10-5(9)3-4(6)11-8-7-3/h1-5,7-8,10H,6,9H2,(H,24,28);3-6H,2H2,1H3,(H,17,20);1-4H,(H,15,18)(H,19,20);1-4H,(H,12,13);1-4H,5,9H2;2,6H2,1H3. The molecule has 0 atom stereocenters. The maximum absolute atomic E-state index is 12.8. The molecule has 0 bridgehead atoms. The number of aromatic carboxylic acids is 2. The Morgan fingerprint density at radius 1 is 0.434 bits per heavy atom. The van der Waals surface area contributed by atoms with Gasteiger partial charge in [0.15, 0.2) is 21.5 Å². The number of Topliss-reactive ketones (excluding diaryl/α,β-unsaturated/α-hetero) is 1. The average Bonchev–Trinajstić information content (AvgIpc) is 1.34. The minimum atomic E-state index is -4.57. The number of nitrogens with two attached hydrogens (primary N) is 2. The van der Waals surface area contributed by atoms with Gasteiger partial charge in [-0.1, -0.05) is 89.7 Å². The van der Waals surface area contributed by atoms with Gasteiger partial charge in [0, 0.05) is 85.8 Å². The number of nitrogen functional groups attached to an aromatic ring is 1. The monoisotopic (exact) mass is 1610 g/mol. The van der Waals surface area contributed by atoms with Crippen molar-refractivity contribution < 1.29 is 111 Å². The molecule has 10 rings (SSSR count). The summed E-state index contributed by atoms with van der Waals surface area (Å²) in [6.45, 7) is 4.32. The molecule has 3 amide bonds. The van der Waals surface area contributed by atoms with Crippen LogP contribution in [0.5, 0.6) is 0 Å². The van der Waals surface area contributed by atoms with Crippen molar-refractivity contribution >= 4 is 137 Å². The van der Waals surface area contributed by atoms with E-state index in [9.17, 15) is 91.0 Å². The van der Waals surface area contributed by atoms with Crippen LogP contribution >= 0.6 is 69.3 Å². The molecule has 25 nitrogen and oxygen atoms in total. The predicted octanol–water partition coefficient (Wildman–Crippen LogP) is 15.3. The Kier molecular flexibility index (Phi) is 32.1. The van der Waals surface area contributed by atoms with Crippen LogP contribution in [0.25, 0.3) is 0 Å². The van der Waals surface area contributed by atoms with Gasteiger partial charge in [-0.25, -0.2) is 19.2 Å².